The molecule has 0 radical (unpaired) electrons. The molecule has 0 spiro atoms. The first kappa shape index (κ1) is 13.0. The minimum atomic E-state index is 0.340. The Morgan fingerprint density at radius 2 is 2.28 bits per heavy atom. The summed E-state index contributed by atoms with van der Waals surface area (Å²) in [4.78, 5) is 8.25. The summed E-state index contributed by atoms with van der Waals surface area (Å²) in [6.45, 7) is 4.72. The molecule has 0 atom stereocenters. The average Bonchev–Trinajstić information content (AvgIpc) is 2.78. The highest BCUT2D eigenvalue weighted by atomic mass is 35.5. The summed E-state index contributed by atoms with van der Waals surface area (Å²) in [5.74, 6) is 0.798. The van der Waals surface area contributed by atoms with Crippen molar-refractivity contribution in [3.8, 4) is 11.5 Å². The molecule has 0 aliphatic carbocycles. The maximum atomic E-state index is 6.00. The molecule has 18 heavy (non-hydrogen) atoms. The molecule has 0 fully saturated rings. The highest BCUT2D eigenvalue weighted by Crippen LogP contribution is 2.25. The summed E-state index contributed by atoms with van der Waals surface area (Å²) in [5, 5.41) is 7.71. The Labute approximate surface area is 114 Å². The minimum absolute atomic E-state index is 0.340. The third-order valence-corrected chi connectivity index (χ3v) is 2.55. The summed E-state index contributed by atoms with van der Waals surface area (Å²) in [6, 6.07) is 1.58. The van der Waals surface area contributed by atoms with E-state index in [1.807, 2.05) is 0 Å². The molecule has 1 N–H and O–H groups in total. The predicted molar refractivity (Wildman–Crippen MR) is 69.5 cm³/mol. The van der Waals surface area contributed by atoms with Crippen molar-refractivity contribution in [2.24, 2.45) is 0 Å². The Bertz CT molecular complexity index is 556. The minimum Gasteiger partial charge on any atom is -0.337 e. The van der Waals surface area contributed by atoms with Crippen molar-refractivity contribution in [3.05, 3.63) is 40.9 Å². The van der Waals surface area contributed by atoms with Crippen LogP contribution in [0.5, 0.6) is 0 Å². The van der Waals surface area contributed by atoms with E-state index in [1.54, 1.807) is 12.1 Å². The van der Waals surface area contributed by atoms with Crippen LogP contribution in [0.1, 0.15) is 5.89 Å². The summed E-state index contributed by atoms with van der Waals surface area (Å²) in [6.07, 6.45) is 3.23. The number of nitrogens with zero attached hydrogens (tertiary/aromatic N) is 3. The van der Waals surface area contributed by atoms with Gasteiger partial charge in [-0.15, -0.1) is 6.58 Å². The molecule has 0 aliphatic rings. The van der Waals surface area contributed by atoms with Crippen LogP contribution in [0, 0.1) is 0 Å². The Hall–Kier alpha value is -1.43. The van der Waals surface area contributed by atoms with Gasteiger partial charge in [-0.3, -0.25) is 0 Å². The van der Waals surface area contributed by atoms with E-state index in [0.29, 0.717) is 40.5 Å². The molecule has 2 heterocycles. The van der Waals surface area contributed by atoms with E-state index in [4.69, 9.17) is 27.7 Å². The molecular formula is C11H10Cl2N4O. The van der Waals surface area contributed by atoms with Gasteiger partial charge in [-0.1, -0.05) is 34.4 Å². The second-order valence-corrected chi connectivity index (χ2v) is 4.26. The number of nitrogens with one attached hydrogen (secondary N) is 1. The fraction of sp³-hybridized carbons (Fsp3) is 0.182. The van der Waals surface area contributed by atoms with Gasteiger partial charge in [0.2, 0.25) is 11.7 Å². The number of hydrogen-bond donors (Lipinski definition) is 1. The van der Waals surface area contributed by atoms with Gasteiger partial charge in [0, 0.05) is 12.7 Å². The van der Waals surface area contributed by atoms with Crippen molar-refractivity contribution >= 4 is 23.2 Å². The van der Waals surface area contributed by atoms with Crippen LogP contribution in [-0.2, 0) is 6.54 Å². The molecule has 0 amide bonds. The summed E-state index contributed by atoms with van der Waals surface area (Å²) in [5.41, 5.74) is 0.444. The smallest absolute Gasteiger partial charge is 0.240 e. The van der Waals surface area contributed by atoms with Gasteiger partial charge in [-0.2, -0.15) is 4.98 Å². The molecule has 0 aromatic carbocycles. The second kappa shape index (κ2) is 5.95. The van der Waals surface area contributed by atoms with Gasteiger partial charge in [0.1, 0.15) is 5.69 Å². The van der Waals surface area contributed by atoms with Crippen molar-refractivity contribution in [2.75, 3.05) is 6.54 Å². The number of rotatable bonds is 5. The van der Waals surface area contributed by atoms with Gasteiger partial charge < -0.3 is 9.84 Å². The first-order chi connectivity index (χ1) is 8.70. The highest BCUT2D eigenvalue weighted by Gasteiger charge is 2.13. The van der Waals surface area contributed by atoms with E-state index in [2.05, 4.69) is 27.0 Å². The van der Waals surface area contributed by atoms with Gasteiger partial charge in [-0.05, 0) is 6.07 Å². The van der Waals surface area contributed by atoms with Crippen LogP contribution in [0.3, 0.4) is 0 Å². The van der Waals surface area contributed by atoms with Crippen molar-refractivity contribution in [1.82, 2.24) is 20.4 Å². The van der Waals surface area contributed by atoms with E-state index in [-0.39, 0.29) is 0 Å². The zero-order valence-corrected chi connectivity index (χ0v) is 10.9. The van der Waals surface area contributed by atoms with Gasteiger partial charge in [0.15, 0.2) is 0 Å². The summed E-state index contributed by atoms with van der Waals surface area (Å²) >= 11 is 11.8. The van der Waals surface area contributed by atoms with E-state index >= 15 is 0 Å². The molecule has 2 rings (SSSR count). The Kier molecular flexibility index (Phi) is 4.30. The lowest BCUT2D eigenvalue weighted by Crippen LogP contribution is -2.12. The third-order valence-electron chi connectivity index (χ3n) is 2.05. The highest BCUT2D eigenvalue weighted by molar-refractivity contribution is 6.35. The lowest BCUT2D eigenvalue weighted by Gasteiger charge is -1.97. The third kappa shape index (κ3) is 3.07. The van der Waals surface area contributed by atoms with Crippen LogP contribution in [0.4, 0.5) is 0 Å². The Morgan fingerprint density at radius 3 is 3.00 bits per heavy atom. The van der Waals surface area contributed by atoms with Gasteiger partial charge >= 0.3 is 0 Å². The van der Waals surface area contributed by atoms with Crippen LogP contribution in [0.15, 0.2) is 29.4 Å². The molecule has 0 bridgehead atoms. The number of hydrogen-bond acceptors (Lipinski definition) is 5. The van der Waals surface area contributed by atoms with E-state index in [0.717, 1.165) is 0 Å². The predicted octanol–water partition coefficient (Wildman–Crippen LogP) is 2.71. The maximum absolute atomic E-state index is 6.00. The van der Waals surface area contributed by atoms with E-state index < -0.39 is 0 Å². The fourth-order valence-corrected chi connectivity index (χ4v) is 1.75. The first-order valence-electron chi connectivity index (χ1n) is 5.16. The van der Waals surface area contributed by atoms with Crippen LogP contribution >= 0.6 is 23.2 Å². The molecular weight excluding hydrogens is 275 g/mol. The molecule has 5 nitrogen and oxygen atoms in total. The van der Waals surface area contributed by atoms with Gasteiger partial charge in [0.05, 0.1) is 16.6 Å². The van der Waals surface area contributed by atoms with Crippen LogP contribution in [0.25, 0.3) is 11.5 Å². The topological polar surface area (TPSA) is 63.8 Å². The largest absolute Gasteiger partial charge is 0.337 e. The van der Waals surface area contributed by atoms with Crippen molar-refractivity contribution < 1.29 is 4.52 Å². The van der Waals surface area contributed by atoms with Crippen molar-refractivity contribution in [3.63, 3.8) is 0 Å². The van der Waals surface area contributed by atoms with E-state index in [9.17, 15) is 0 Å². The van der Waals surface area contributed by atoms with Crippen LogP contribution < -0.4 is 5.32 Å². The average molecular weight is 285 g/mol. The Morgan fingerprint density at radius 1 is 1.44 bits per heavy atom. The molecule has 0 saturated carbocycles. The molecule has 2 aromatic rings. The lowest BCUT2D eigenvalue weighted by atomic mass is 10.3. The normalized spacial score (nSPS) is 10.6. The zero-order valence-electron chi connectivity index (χ0n) is 9.36. The molecule has 0 saturated heterocycles. The SMILES string of the molecule is C=CCNCc1nc(-c2ncc(Cl)cc2Cl)no1. The molecule has 0 aliphatic heterocycles. The molecule has 94 valence electrons. The second-order valence-electron chi connectivity index (χ2n) is 3.42. The standard InChI is InChI=1S/C11H10Cl2N4O/c1-2-3-14-6-9-16-11(17-18-9)10-8(13)4-7(12)5-15-10/h2,4-5,14H,1,3,6H2. The molecule has 7 heteroatoms. The summed E-state index contributed by atoms with van der Waals surface area (Å²) in [7, 11) is 0. The fourth-order valence-electron chi connectivity index (χ4n) is 1.28. The molecule has 2 aromatic heterocycles. The van der Waals surface area contributed by atoms with Crippen molar-refractivity contribution in [2.45, 2.75) is 6.54 Å². The van der Waals surface area contributed by atoms with E-state index in [1.165, 1.54) is 6.20 Å². The van der Waals surface area contributed by atoms with Gasteiger partial charge in [0.25, 0.3) is 0 Å². The zero-order chi connectivity index (χ0) is 13.0. The number of pyridine rings is 1. The number of aromatic nitrogens is 3. The van der Waals surface area contributed by atoms with Crippen molar-refractivity contribution in [1.29, 1.82) is 0 Å². The lowest BCUT2D eigenvalue weighted by molar-refractivity contribution is 0.370. The van der Waals surface area contributed by atoms with Gasteiger partial charge in [-0.25, -0.2) is 4.98 Å². The quantitative estimate of drug-likeness (QED) is 0.676. The molecule has 0 unspecified atom stereocenters. The van der Waals surface area contributed by atoms with Crippen LogP contribution in [-0.4, -0.2) is 21.7 Å². The summed E-state index contributed by atoms with van der Waals surface area (Å²) < 4.78 is 5.06. The maximum Gasteiger partial charge on any atom is 0.240 e. The Balaban J connectivity index is 2.16. The van der Waals surface area contributed by atoms with Crippen LogP contribution in [0.2, 0.25) is 10.0 Å². The number of halogens is 2. The monoisotopic (exact) mass is 284 g/mol. The first-order valence-corrected chi connectivity index (χ1v) is 5.92.